The fourth-order valence-corrected chi connectivity index (χ4v) is 2.20. The van der Waals surface area contributed by atoms with Crippen LogP contribution in [-0.4, -0.2) is 15.0 Å². The first-order valence-electron chi connectivity index (χ1n) is 6.25. The molecule has 19 heavy (non-hydrogen) atoms. The van der Waals surface area contributed by atoms with Crippen molar-refractivity contribution in [2.45, 2.75) is 19.8 Å². The Morgan fingerprint density at radius 2 is 2.05 bits per heavy atom. The first kappa shape index (κ1) is 11.8. The maximum atomic E-state index is 13.4. The van der Waals surface area contributed by atoms with E-state index in [1.807, 2.05) is 26.0 Å². The van der Waals surface area contributed by atoms with Crippen LogP contribution >= 0.6 is 0 Å². The Morgan fingerprint density at radius 3 is 2.79 bits per heavy atom. The second-order valence-corrected chi connectivity index (χ2v) is 4.85. The van der Waals surface area contributed by atoms with E-state index in [-0.39, 0.29) is 11.7 Å². The van der Waals surface area contributed by atoms with Gasteiger partial charge >= 0.3 is 0 Å². The van der Waals surface area contributed by atoms with E-state index >= 15 is 0 Å². The van der Waals surface area contributed by atoms with E-state index in [2.05, 4.69) is 15.0 Å². The quantitative estimate of drug-likeness (QED) is 0.754. The molecule has 0 radical (unpaired) electrons. The van der Waals surface area contributed by atoms with Crippen LogP contribution in [0.15, 0.2) is 36.5 Å². The maximum absolute atomic E-state index is 13.4. The van der Waals surface area contributed by atoms with Gasteiger partial charge in [-0.15, -0.1) is 0 Å². The van der Waals surface area contributed by atoms with Crippen LogP contribution in [0, 0.1) is 5.82 Å². The molecule has 0 saturated heterocycles. The first-order valence-corrected chi connectivity index (χ1v) is 6.25. The minimum Gasteiger partial charge on any atom is -0.337 e. The molecule has 0 fully saturated rings. The van der Waals surface area contributed by atoms with E-state index in [0.29, 0.717) is 5.65 Å². The summed E-state index contributed by atoms with van der Waals surface area (Å²) >= 11 is 0. The summed E-state index contributed by atoms with van der Waals surface area (Å²) < 4.78 is 13.4. The second-order valence-electron chi connectivity index (χ2n) is 4.85. The highest BCUT2D eigenvalue weighted by Crippen LogP contribution is 2.29. The number of hydrogen-bond acceptors (Lipinski definition) is 2. The number of nitrogens with zero attached hydrogens (tertiary/aromatic N) is 2. The normalized spacial score (nSPS) is 11.4. The molecule has 96 valence electrons. The van der Waals surface area contributed by atoms with Crippen molar-refractivity contribution in [3.05, 3.63) is 47.9 Å². The van der Waals surface area contributed by atoms with Crippen molar-refractivity contribution in [2.24, 2.45) is 0 Å². The Hall–Kier alpha value is -2.23. The van der Waals surface area contributed by atoms with Crippen LogP contribution in [0.1, 0.15) is 25.3 Å². The molecule has 0 aliphatic heterocycles. The third kappa shape index (κ3) is 2.10. The van der Waals surface area contributed by atoms with E-state index in [0.717, 1.165) is 22.5 Å². The van der Waals surface area contributed by atoms with E-state index in [1.54, 1.807) is 18.3 Å². The number of aromatic nitrogens is 3. The molecule has 3 aromatic rings. The van der Waals surface area contributed by atoms with E-state index in [9.17, 15) is 4.39 Å². The molecule has 3 rings (SSSR count). The lowest BCUT2D eigenvalue weighted by molar-refractivity contribution is 0.623. The Bertz CT molecular complexity index is 698. The van der Waals surface area contributed by atoms with Gasteiger partial charge in [-0.1, -0.05) is 13.8 Å². The predicted octanol–water partition coefficient (Wildman–Crippen LogP) is 3.89. The molecule has 0 aliphatic rings. The number of imidazole rings is 1. The molecule has 0 bridgehead atoms. The molecule has 0 aliphatic carbocycles. The topological polar surface area (TPSA) is 41.6 Å². The maximum Gasteiger partial charge on any atom is 0.178 e. The number of rotatable bonds is 2. The molecule has 1 N–H and O–H groups in total. The molecule has 3 nitrogen and oxygen atoms in total. The summed E-state index contributed by atoms with van der Waals surface area (Å²) in [5.41, 5.74) is 3.43. The Kier molecular flexibility index (Phi) is 2.78. The minimum absolute atomic E-state index is 0.221. The standard InChI is InChI=1S/C15H14FN3/c1-9(2)12-8-10(16)5-6-11(12)14-18-13-4-3-7-17-15(13)19-14/h3-9H,1-2H3,(H,17,18,19). The molecular formula is C15H14FN3. The molecule has 0 spiro atoms. The summed E-state index contributed by atoms with van der Waals surface area (Å²) in [6.45, 7) is 4.08. The van der Waals surface area contributed by atoms with Gasteiger partial charge in [0.2, 0.25) is 0 Å². The minimum atomic E-state index is -0.221. The van der Waals surface area contributed by atoms with E-state index < -0.39 is 0 Å². The fraction of sp³-hybridized carbons (Fsp3) is 0.200. The van der Waals surface area contributed by atoms with Crippen LogP contribution in [0.4, 0.5) is 4.39 Å². The summed E-state index contributed by atoms with van der Waals surface area (Å²) in [5.74, 6) is 0.742. The van der Waals surface area contributed by atoms with Gasteiger partial charge in [-0.3, -0.25) is 0 Å². The largest absolute Gasteiger partial charge is 0.337 e. The second kappa shape index (κ2) is 4.46. The van der Waals surface area contributed by atoms with Gasteiger partial charge in [-0.05, 0) is 41.8 Å². The van der Waals surface area contributed by atoms with Gasteiger partial charge in [0.15, 0.2) is 5.65 Å². The lowest BCUT2D eigenvalue weighted by Crippen LogP contribution is -1.95. The third-order valence-corrected chi connectivity index (χ3v) is 3.15. The van der Waals surface area contributed by atoms with Gasteiger partial charge < -0.3 is 4.98 Å². The molecular weight excluding hydrogens is 241 g/mol. The summed E-state index contributed by atoms with van der Waals surface area (Å²) in [6.07, 6.45) is 1.71. The molecule has 2 aromatic heterocycles. The summed E-state index contributed by atoms with van der Waals surface area (Å²) in [6, 6.07) is 8.58. The number of H-pyrrole nitrogens is 1. The average Bonchev–Trinajstić information content (AvgIpc) is 2.82. The fourth-order valence-electron chi connectivity index (χ4n) is 2.20. The lowest BCUT2D eigenvalue weighted by Gasteiger charge is -2.10. The molecule has 0 saturated carbocycles. The zero-order chi connectivity index (χ0) is 13.4. The number of hydrogen-bond donors (Lipinski definition) is 1. The number of aromatic amines is 1. The zero-order valence-corrected chi connectivity index (χ0v) is 10.8. The Balaban J connectivity index is 2.20. The number of halogens is 1. The van der Waals surface area contributed by atoms with Crippen molar-refractivity contribution in [1.29, 1.82) is 0 Å². The van der Waals surface area contributed by atoms with E-state index in [1.165, 1.54) is 6.07 Å². The number of nitrogens with one attached hydrogen (secondary N) is 1. The highest BCUT2D eigenvalue weighted by molar-refractivity contribution is 5.76. The molecule has 4 heteroatoms. The molecule has 0 atom stereocenters. The summed E-state index contributed by atoms with van der Waals surface area (Å²) in [7, 11) is 0. The monoisotopic (exact) mass is 255 g/mol. The predicted molar refractivity (Wildman–Crippen MR) is 73.4 cm³/mol. The van der Waals surface area contributed by atoms with Gasteiger partial charge in [0.1, 0.15) is 11.6 Å². The number of fused-ring (bicyclic) bond motifs is 1. The van der Waals surface area contributed by atoms with Crippen LogP contribution in [0.2, 0.25) is 0 Å². The van der Waals surface area contributed by atoms with Crippen molar-refractivity contribution in [1.82, 2.24) is 15.0 Å². The van der Waals surface area contributed by atoms with E-state index in [4.69, 9.17) is 0 Å². The Labute approximate surface area is 110 Å². The summed E-state index contributed by atoms with van der Waals surface area (Å²) in [5, 5.41) is 0. The Morgan fingerprint density at radius 1 is 1.21 bits per heavy atom. The van der Waals surface area contributed by atoms with Crippen LogP contribution in [0.3, 0.4) is 0 Å². The molecule has 2 heterocycles. The first-order chi connectivity index (χ1) is 9.15. The molecule has 0 amide bonds. The van der Waals surface area contributed by atoms with Gasteiger partial charge in [-0.25, -0.2) is 14.4 Å². The highest BCUT2D eigenvalue weighted by atomic mass is 19.1. The van der Waals surface area contributed by atoms with Crippen LogP contribution < -0.4 is 0 Å². The highest BCUT2D eigenvalue weighted by Gasteiger charge is 2.13. The van der Waals surface area contributed by atoms with Crippen LogP contribution in [0.25, 0.3) is 22.6 Å². The molecule has 0 unspecified atom stereocenters. The van der Waals surface area contributed by atoms with Gasteiger partial charge in [0, 0.05) is 11.8 Å². The lowest BCUT2D eigenvalue weighted by atomic mass is 9.97. The van der Waals surface area contributed by atoms with Crippen molar-refractivity contribution in [3.8, 4) is 11.4 Å². The SMILES string of the molecule is CC(C)c1cc(F)ccc1-c1nc2ncccc2[nH]1. The number of benzene rings is 1. The number of pyridine rings is 1. The van der Waals surface area contributed by atoms with Crippen molar-refractivity contribution in [2.75, 3.05) is 0 Å². The van der Waals surface area contributed by atoms with Crippen molar-refractivity contribution >= 4 is 11.2 Å². The van der Waals surface area contributed by atoms with Gasteiger partial charge in [0.25, 0.3) is 0 Å². The average molecular weight is 255 g/mol. The van der Waals surface area contributed by atoms with Crippen LogP contribution in [-0.2, 0) is 0 Å². The smallest absolute Gasteiger partial charge is 0.178 e. The molecule has 1 aromatic carbocycles. The van der Waals surface area contributed by atoms with Gasteiger partial charge in [0.05, 0.1) is 5.52 Å². The zero-order valence-electron chi connectivity index (χ0n) is 10.8. The van der Waals surface area contributed by atoms with Crippen molar-refractivity contribution in [3.63, 3.8) is 0 Å². The third-order valence-electron chi connectivity index (χ3n) is 3.15. The summed E-state index contributed by atoms with van der Waals surface area (Å²) in [4.78, 5) is 11.9. The van der Waals surface area contributed by atoms with Crippen LogP contribution in [0.5, 0.6) is 0 Å². The van der Waals surface area contributed by atoms with Gasteiger partial charge in [-0.2, -0.15) is 0 Å². The van der Waals surface area contributed by atoms with Crippen molar-refractivity contribution < 1.29 is 4.39 Å².